The number of aliphatic hydroxyl groups is 7. The van der Waals surface area contributed by atoms with E-state index in [9.17, 15) is 54.9 Å². The Labute approximate surface area is 335 Å². The van der Waals surface area contributed by atoms with Gasteiger partial charge in [-0.2, -0.15) is 4.99 Å². The average molecular weight is 817 g/mol. The van der Waals surface area contributed by atoms with E-state index in [1.54, 1.807) is 24.3 Å². The van der Waals surface area contributed by atoms with Gasteiger partial charge in [0.25, 0.3) is 11.7 Å². The molecule has 3 aromatic rings. The lowest BCUT2D eigenvalue weighted by molar-refractivity contribution is -0.723. The Bertz CT molecular complexity index is 2260. The van der Waals surface area contributed by atoms with Crippen LogP contribution in [-0.2, 0) is 20.9 Å². The van der Waals surface area contributed by atoms with Crippen molar-refractivity contribution in [2.24, 2.45) is 9.98 Å². The summed E-state index contributed by atoms with van der Waals surface area (Å²) >= 11 is 0. The molecular formula is C40H42N5O14+. The van der Waals surface area contributed by atoms with Crippen LogP contribution in [0.15, 0.2) is 58.5 Å². The molecule has 1 fully saturated rings. The lowest BCUT2D eigenvalue weighted by Gasteiger charge is -2.40. The van der Waals surface area contributed by atoms with Crippen molar-refractivity contribution in [1.82, 2.24) is 5.32 Å². The summed E-state index contributed by atoms with van der Waals surface area (Å²) in [4.78, 5) is 62.3. The number of ketones is 2. The number of fused-ring (bicyclic) bond motifs is 3. The molecule has 0 radical (unpaired) electrons. The van der Waals surface area contributed by atoms with E-state index in [0.29, 0.717) is 28.0 Å². The summed E-state index contributed by atoms with van der Waals surface area (Å²) in [6.45, 7) is -2.19. The average Bonchev–Trinajstić information content (AvgIpc) is 3.66. The second-order valence-corrected chi connectivity index (χ2v) is 14.3. The van der Waals surface area contributed by atoms with E-state index in [2.05, 4.69) is 15.3 Å². The maximum Gasteiger partial charge on any atom is 0.284 e. The Kier molecular flexibility index (Phi) is 12.2. The molecule has 3 aliphatic heterocycles. The summed E-state index contributed by atoms with van der Waals surface area (Å²) in [5.41, 5.74) is 0.913. The van der Waals surface area contributed by atoms with E-state index >= 15 is 0 Å². The topological polar surface area (TPSA) is 303 Å². The number of ether oxygens (including phenoxy) is 3. The summed E-state index contributed by atoms with van der Waals surface area (Å²) in [6.07, 6.45) is -10.0. The van der Waals surface area contributed by atoms with E-state index in [1.807, 2.05) is 0 Å². The molecule has 310 valence electrons. The second-order valence-electron chi connectivity index (χ2n) is 14.3. The Balaban J connectivity index is 1.49. The van der Waals surface area contributed by atoms with Gasteiger partial charge in [-0.1, -0.05) is 24.3 Å². The largest absolute Gasteiger partial charge is 0.486 e. The minimum absolute atomic E-state index is 0.000401. The Morgan fingerprint density at radius 1 is 0.949 bits per heavy atom. The summed E-state index contributed by atoms with van der Waals surface area (Å²) in [5.74, 6) is -3.87. The molecule has 1 saturated heterocycles. The maximum absolute atomic E-state index is 14.6. The van der Waals surface area contributed by atoms with Crippen LogP contribution in [0.4, 0.5) is 5.69 Å². The van der Waals surface area contributed by atoms with Gasteiger partial charge in [-0.25, -0.2) is 9.89 Å². The zero-order valence-electron chi connectivity index (χ0n) is 31.3. The second kappa shape index (κ2) is 17.3. The highest BCUT2D eigenvalue weighted by Crippen LogP contribution is 2.49. The molecule has 0 saturated carbocycles. The number of para-hydroxylation sites is 1. The quantitative estimate of drug-likeness (QED) is 0.0568. The molecule has 59 heavy (non-hydrogen) atoms. The number of aldehydes is 1. The normalized spacial score (nSPS) is 24.6. The van der Waals surface area contributed by atoms with Gasteiger partial charge in [0.1, 0.15) is 43.0 Å². The number of guanidine groups is 1. The number of amides is 1. The van der Waals surface area contributed by atoms with Crippen molar-refractivity contribution in [2.45, 2.75) is 68.6 Å². The first kappa shape index (κ1) is 41.5. The maximum atomic E-state index is 14.6. The summed E-state index contributed by atoms with van der Waals surface area (Å²) in [5, 5.41) is 83.7. The number of carbonyl (C=O) groups is 4. The van der Waals surface area contributed by atoms with Gasteiger partial charge in [-0.3, -0.25) is 25.1 Å². The van der Waals surface area contributed by atoms with Crippen LogP contribution >= 0.6 is 0 Å². The highest BCUT2D eigenvalue weighted by molar-refractivity contribution is 6.68. The first-order chi connectivity index (χ1) is 28.4. The molecule has 3 aromatic carbocycles. The molecule has 0 bridgehead atoms. The third-order valence-electron chi connectivity index (χ3n) is 10.6. The standard InChI is InChI=1S/C40H41N5O14/c41-40-43-37-29(38(56)44-40)42-17-45(37)26-6-2-1-4-21(26)20(5-3-10-46)24-13-25-28(31(52)23-12-18(14-48)7-8-22(23)30(25)51)36(57-16-19(50)9-11-47)35(24)59-39-34(55)33(54)32(53)27(15-49)58-39/h1-2,4,6-8,11-13,19-20,27,32-34,39,46,48-50,53-55H,3,5,9-10,14-17H2,(H2,41,44,56)/p+1. The fourth-order valence-corrected chi connectivity index (χ4v) is 7.70. The van der Waals surface area contributed by atoms with Crippen LogP contribution < -0.4 is 19.7 Å². The number of hydrogen-bond acceptors (Lipinski definition) is 16. The predicted octanol–water partition coefficient (Wildman–Crippen LogP) is -2.24. The molecule has 8 atom stereocenters. The summed E-state index contributed by atoms with van der Waals surface area (Å²) in [7, 11) is 0. The summed E-state index contributed by atoms with van der Waals surface area (Å²) in [6, 6.07) is 12.6. The first-order valence-electron chi connectivity index (χ1n) is 18.8. The molecule has 8 unspecified atom stereocenters. The number of nitrogens with zero attached hydrogens (tertiary/aromatic N) is 2. The minimum Gasteiger partial charge on any atom is -0.486 e. The molecule has 7 rings (SSSR count). The minimum atomic E-state index is -1.96. The number of aliphatic hydroxyl groups excluding tert-OH is 7. The van der Waals surface area contributed by atoms with E-state index in [-0.39, 0.29) is 77.7 Å². The fraction of sp³-hybridized carbons (Fsp3) is 0.375. The van der Waals surface area contributed by atoms with Gasteiger partial charge in [-0.15, -0.1) is 0 Å². The summed E-state index contributed by atoms with van der Waals surface area (Å²) < 4.78 is 18.3. The monoisotopic (exact) mass is 816 g/mol. The molecule has 19 heteroatoms. The van der Waals surface area contributed by atoms with Gasteiger partial charge in [-0.05, 0) is 42.7 Å². The number of amidine groups is 1. The van der Waals surface area contributed by atoms with Crippen LogP contribution in [0.1, 0.15) is 73.7 Å². The van der Waals surface area contributed by atoms with Gasteiger partial charge in [0.05, 0.1) is 24.9 Å². The fourth-order valence-electron chi connectivity index (χ4n) is 7.70. The van der Waals surface area contributed by atoms with Crippen LogP contribution in [0, 0.1) is 5.41 Å². The molecule has 0 aromatic heterocycles. The SMILES string of the molecule is N=C1N=C2C(=NC[NH+]2c2ccccc2C(CCCO)c2cc3c(c(OCC(O)CC=O)c2OC2OC(CO)C(O)C(O)C2O)C(=O)c2cc(CO)ccc2C3=O)C(=O)N1. The molecule has 19 nitrogen and oxygen atoms in total. The van der Waals surface area contributed by atoms with Gasteiger partial charge in [0, 0.05) is 46.8 Å². The lowest BCUT2D eigenvalue weighted by Crippen LogP contribution is -3.09. The van der Waals surface area contributed by atoms with Crippen molar-refractivity contribution >= 4 is 47.0 Å². The smallest absolute Gasteiger partial charge is 0.284 e. The number of quaternary nitrogens is 1. The van der Waals surface area contributed by atoms with Gasteiger partial charge >= 0.3 is 0 Å². The zero-order chi connectivity index (χ0) is 42.1. The van der Waals surface area contributed by atoms with Crippen LogP contribution in [-0.4, -0.2) is 140 Å². The third-order valence-corrected chi connectivity index (χ3v) is 10.6. The predicted molar refractivity (Wildman–Crippen MR) is 203 cm³/mol. The molecule has 10 N–H and O–H groups in total. The molecule has 1 aliphatic carbocycles. The van der Waals surface area contributed by atoms with Gasteiger partial charge in [0.15, 0.2) is 29.7 Å². The molecular weight excluding hydrogens is 774 g/mol. The molecule has 0 spiro atoms. The Hall–Kier alpha value is -5.61. The lowest BCUT2D eigenvalue weighted by atomic mass is 9.78. The molecule has 3 heterocycles. The number of aliphatic imine (C=N–C) groups is 2. The van der Waals surface area contributed by atoms with Crippen molar-refractivity contribution in [3.8, 4) is 11.5 Å². The zero-order valence-corrected chi connectivity index (χ0v) is 31.3. The van der Waals surface area contributed by atoms with Crippen LogP contribution in [0.2, 0.25) is 0 Å². The highest BCUT2D eigenvalue weighted by atomic mass is 16.7. The van der Waals surface area contributed by atoms with E-state index < -0.39 is 91.7 Å². The molecule has 4 aliphatic rings. The van der Waals surface area contributed by atoms with Crippen molar-refractivity contribution in [3.05, 3.63) is 87.5 Å². The van der Waals surface area contributed by atoms with Crippen molar-refractivity contribution < 1.29 is 74.0 Å². The van der Waals surface area contributed by atoms with Gasteiger partial charge in [0.2, 0.25) is 18.0 Å². The Morgan fingerprint density at radius 2 is 1.73 bits per heavy atom. The van der Waals surface area contributed by atoms with Crippen LogP contribution in [0.5, 0.6) is 11.5 Å². The van der Waals surface area contributed by atoms with E-state index in [4.69, 9.17) is 19.6 Å². The number of carbonyl (C=O) groups excluding carboxylic acids is 4. The van der Waals surface area contributed by atoms with Crippen LogP contribution in [0.25, 0.3) is 0 Å². The Morgan fingerprint density at radius 3 is 2.46 bits per heavy atom. The number of benzene rings is 3. The van der Waals surface area contributed by atoms with E-state index in [1.165, 1.54) is 24.3 Å². The van der Waals surface area contributed by atoms with Crippen molar-refractivity contribution in [3.63, 3.8) is 0 Å². The highest BCUT2D eigenvalue weighted by Gasteiger charge is 2.47. The molecule has 1 amide bonds. The van der Waals surface area contributed by atoms with E-state index in [0.717, 1.165) is 0 Å². The first-order valence-corrected chi connectivity index (χ1v) is 18.8. The number of rotatable bonds is 15. The third kappa shape index (κ3) is 7.71. The van der Waals surface area contributed by atoms with Crippen molar-refractivity contribution in [1.29, 1.82) is 5.41 Å². The number of hydrogen-bond donors (Lipinski definition) is 10. The number of nitrogens with one attached hydrogen (secondary N) is 3. The van der Waals surface area contributed by atoms with Crippen LogP contribution in [0.3, 0.4) is 0 Å². The van der Waals surface area contributed by atoms with Crippen molar-refractivity contribution in [2.75, 3.05) is 26.5 Å². The van der Waals surface area contributed by atoms with Gasteiger partial charge < -0.3 is 54.8 Å².